The van der Waals surface area contributed by atoms with Crippen LogP contribution in [0.5, 0.6) is 5.75 Å². The predicted molar refractivity (Wildman–Crippen MR) is 79.3 cm³/mol. The van der Waals surface area contributed by atoms with E-state index in [0.717, 1.165) is 25.3 Å². The Labute approximate surface area is 125 Å². The number of methoxy groups -OCH3 is 1. The van der Waals surface area contributed by atoms with Crippen molar-refractivity contribution in [2.45, 2.75) is 13.3 Å². The molecule has 0 saturated heterocycles. The zero-order chi connectivity index (χ0) is 15.1. The van der Waals surface area contributed by atoms with Crippen molar-refractivity contribution in [3.63, 3.8) is 0 Å². The molecule has 0 N–H and O–H groups in total. The zero-order valence-corrected chi connectivity index (χ0v) is 12.5. The van der Waals surface area contributed by atoms with Gasteiger partial charge in [0.1, 0.15) is 18.1 Å². The first-order valence-electron chi connectivity index (χ1n) is 7.04. The monoisotopic (exact) mass is 291 g/mol. The lowest BCUT2D eigenvalue weighted by Crippen LogP contribution is -2.34. The van der Waals surface area contributed by atoms with Gasteiger partial charge in [0, 0.05) is 13.1 Å². The second kappa shape index (κ2) is 7.69. The van der Waals surface area contributed by atoms with Gasteiger partial charge in [0.2, 0.25) is 0 Å². The molecule has 0 radical (unpaired) electrons. The van der Waals surface area contributed by atoms with Crippen LogP contribution in [0, 0.1) is 6.92 Å². The van der Waals surface area contributed by atoms with Crippen LogP contribution < -0.4 is 4.74 Å². The van der Waals surface area contributed by atoms with Gasteiger partial charge in [-0.25, -0.2) is 4.79 Å². The number of carbonyl (C=O) groups excluding carboxylic acids is 1. The third kappa shape index (κ3) is 5.11. The van der Waals surface area contributed by atoms with E-state index in [0.29, 0.717) is 18.9 Å². The fraction of sp³-hybridized carbons (Fsp3) is 0.438. The molecule has 0 fully saturated rings. The first kappa shape index (κ1) is 15.4. The summed E-state index contributed by atoms with van der Waals surface area (Å²) in [6, 6.07) is 7.99. The molecular formula is C16H21NO4. The standard InChI is InChI=1S/C16H21NO4/c1-13-5-3-6-14(11-13)20-10-9-17-8-4-7-15(12-17)21-16(18)19-2/h3,5-7,11H,4,8-10,12H2,1-2H3. The number of nitrogens with zero attached hydrogens (tertiary/aromatic N) is 1. The Hall–Kier alpha value is -2.01. The maximum atomic E-state index is 11.1. The van der Waals surface area contributed by atoms with Gasteiger partial charge in [-0.1, -0.05) is 12.1 Å². The average molecular weight is 291 g/mol. The molecule has 0 saturated carbocycles. The summed E-state index contributed by atoms with van der Waals surface area (Å²) in [6.45, 7) is 4.97. The molecule has 5 heteroatoms. The van der Waals surface area contributed by atoms with Crippen molar-refractivity contribution in [1.82, 2.24) is 4.90 Å². The Kier molecular flexibility index (Phi) is 5.63. The van der Waals surface area contributed by atoms with E-state index in [1.165, 1.54) is 12.7 Å². The molecule has 1 aliphatic heterocycles. The van der Waals surface area contributed by atoms with Crippen molar-refractivity contribution in [2.75, 3.05) is 33.4 Å². The summed E-state index contributed by atoms with van der Waals surface area (Å²) >= 11 is 0. The Morgan fingerprint density at radius 2 is 2.24 bits per heavy atom. The van der Waals surface area contributed by atoms with E-state index in [2.05, 4.69) is 9.64 Å². The average Bonchev–Trinajstić information content (AvgIpc) is 2.47. The number of aryl methyl sites for hydroxylation is 1. The highest BCUT2D eigenvalue weighted by molar-refractivity contribution is 5.61. The predicted octanol–water partition coefficient (Wildman–Crippen LogP) is 2.75. The summed E-state index contributed by atoms with van der Waals surface area (Å²) in [4.78, 5) is 13.3. The normalized spacial score (nSPS) is 15.2. The number of ether oxygens (including phenoxy) is 3. The van der Waals surface area contributed by atoms with Crippen LogP contribution >= 0.6 is 0 Å². The molecule has 1 aromatic carbocycles. The van der Waals surface area contributed by atoms with E-state index in [1.807, 2.05) is 37.3 Å². The van der Waals surface area contributed by atoms with E-state index in [9.17, 15) is 4.79 Å². The van der Waals surface area contributed by atoms with Crippen molar-refractivity contribution in [3.05, 3.63) is 41.7 Å². The van der Waals surface area contributed by atoms with Gasteiger partial charge in [-0.05, 0) is 37.1 Å². The quantitative estimate of drug-likeness (QED) is 0.781. The van der Waals surface area contributed by atoms with Gasteiger partial charge in [0.25, 0.3) is 0 Å². The second-order valence-corrected chi connectivity index (χ2v) is 4.96. The van der Waals surface area contributed by atoms with Crippen LogP contribution in [0.25, 0.3) is 0 Å². The molecule has 1 aromatic rings. The van der Waals surface area contributed by atoms with Crippen LogP contribution in [0.3, 0.4) is 0 Å². The van der Waals surface area contributed by atoms with Gasteiger partial charge in [0.05, 0.1) is 13.7 Å². The molecule has 0 unspecified atom stereocenters. The van der Waals surface area contributed by atoms with Crippen LogP contribution in [0.15, 0.2) is 36.1 Å². The molecule has 114 valence electrons. The molecule has 0 atom stereocenters. The van der Waals surface area contributed by atoms with Gasteiger partial charge >= 0.3 is 6.16 Å². The minimum absolute atomic E-state index is 0.603. The van der Waals surface area contributed by atoms with E-state index < -0.39 is 6.16 Å². The first-order valence-corrected chi connectivity index (χ1v) is 7.04. The van der Waals surface area contributed by atoms with Crippen LogP contribution in [-0.4, -0.2) is 44.4 Å². The van der Waals surface area contributed by atoms with Crippen LogP contribution in [0.1, 0.15) is 12.0 Å². The molecule has 0 aromatic heterocycles. The van der Waals surface area contributed by atoms with Crippen LogP contribution in [0.4, 0.5) is 4.79 Å². The Morgan fingerprint density at radius 3 is 3.00 bits per heavy atom. The minimum atomic E-state index is -0.667. The van der Waals surface area contributed by atoms with Crippen molar-refractivity contribution < 1.29 is 19.0 Å². The van der Waals surface area contributed by atoms with E-state index >= 15 is 0 Å². The highest BCUT2D eigenvalue weighted by Gasteiger charge is 2.16. The van der Waals surface area contributed by atoms with E-state index in [4.69, 9.17) is 9.47 Å². The van der Waals surface area contributed by atoms with Crippen LogP contribution in [-0.2, 0) is 9.47 Å². The van der Waals surface area contributed by atoms with Crippen molar-refractivity contribution in [3.8, 4) is 5.75 Å². The topological polar surface area (TPSA) is 48.0 Å². The van der Waals surface area contributed by atoms with E-state index in [1.54, 1.807) is 0 Å². The van der Waals surface area contributed by atoms with Gasteiger partial charge < -0.3 is 14.2 Å². The fourth-order valence-electron chi connectivity index (χ4n) is 2.18. The minimum Gasteiger partial charge on any atom is -0.492 e. The largest absolute Gasteiger partial charge is 0.513 e. The molecule has 1 heterocycles. The Balaban J connectivity index is 1.74. The summed E-state index contributed by atoms with van der Waals surface area (Å²) in [5.41, 5.74) is 1.18. The number of carbonyl (C=O) groups is 1. The highest BCUT2D eigenvalue weighted by atomic mass is 16.7. The highest BCUT2D eigenvalue weighted by Crippen LogP contribution is 2.14. The smallest absolute Gasteiger partial charge is 0.492 e. The summed E-state index contributed by atoms with van der Waals surface area (Å²) in [6.07, 6.45) is 2.12. The summed E-state index contributed by atoms with van der Waals surface area (Å²) in [5.74, 6) is 1.53. The molecular weight excluding hydrogens is 270 g/mol. The van der Waals surface area contributed by atoms with Gasteiger partial charge in [-0.2, -0.15) is 0 Å². The number of rotatable bonds is 5. The Morgan fingerprint density at radius 1 is 1.38 bits per heavy atom. The van der Waals surface area contributed by atoms with Crippen molar-refractivity contribution >= 4 is 6.16 Å². The number of hydrogen-bond acceptors (Lipinski definition) is 5. The summed E-state index contributed by atoms with van der Waals surface area (Å²) in [5, 5.41) is 0. The number of hydrogen-bond donors (Lipinski definition) is 0. The summed E-state index contributed by atoms with van der Waals surface area (Å²) < 4.78 is 15.3. The van der Waals surface area contributed by atoms with Crippen molar-refractivity contribution in [2.24, 2.45) is 0 Å². The molecule has 0 amide bonds. The summed E-state index contributed by atoms with van der Waals surface area (Å²) in [7, 11) is 1.30. The number of benzene rings is 1. The molecule has 21 heavy (non-hydrogen) atoms. The van der Waals surface area contributed by atoms with Gasteiger partial charge in [-0.15, -0.1) is 0 Å². The van der Waals surface area contributed by atoms with Gasteiger partial charge in [-0.3, -0.25) is 4.90 Å². The maximum Gasteiger partial charge on any atom is 0.513 e. The van der Waals surface area contributed by atoms with Gasteiger partial charge in [0.15, 0.2) is 0 Å². The molecule has 2 rings (SSSR count). The molecule has 0 aliphatic carbocycles. The Bertz CT molecular complexity index is 513. The third-order valence-electron chi connectivity index (χ3n) is 3.24. The lowest BCUT2D eigenvalue weighted by Gasteiger charge is -2.26. The van der Waals surface area contributed by atoms with E-state index in [-0.39, 0.29) is 0 Å². The molecule has 5 nitrogen and oxygen atoms in total. The van der Waals surface area contributed by atoms with Crippen molar-refractivity contribution in [1.29, 1.82) is 0 Å². The maximum absolute atomic E-state index is 11.1. The molecule has 1 aliphatic rings. The second-order valence-electron chi connectivity index (χ2n) is 4.96. The fourth-order valence-corrected chi connectivity index (χ4v) is 2.18. The van der Waals surface area contributed by atoms with Crippen LogP contribution in [0.2, 0.25) is 0 Å². The zero-order valence-electron chi connectivity index (χ0n) is 12.5. The molecule has 0 spiro atoms. The SMILES string of the molecule is COC(=O)OC1=CCCN(CCOc2cccc(C)c2)C1. The lowest BCUT2D eigenvalue weighted by molar-refractivity contribution is 0.0859. The lowest BCUT2D eigenvalue weighted by atomic mass is 10.2. The molecule has 0 bridgehead atoms. The first-order chi connectivity index (χ1) is 10.2. The third-order valence-corrected chi connectivity index (χ3v) is 3.24.